The molecule has 2 heteroatoms. The minimum atomic E-state index is 0.640. The molecule has 18 heavy (non-hydrogen) atoms. The fourth-order valence-electron chi connectivity index (χ4n) is 2.14. The molecule has 1 rings (SSSR count). The summed E-state index contributed by atoms with van der Waals surface area (Å²) in [5.41, 5.74) is 1.45. The van der Waals surface area contributed by atoms with Crippen molar-refractivity contribution in [2.75, 3.05) is 13.1 Å². The van der Waals surface area contributed by atoms with Crippen LogP contribution in [0.2, 0.25) is 0 Å². The summed E-state index contributed by atoms with van der Waals surface area (Å²) >= 11 is 3.57. The van der Waals surface area contributed by atoms with Crippen molar-refractivity contribution in [3.8, 4) is 0 Å². The van der Waals surface area contributed by atoms with Gasteiger partial charge in [-0.1, -0.05) is 61.7 Å². The Morgan fingerprint density at radius 2 is 2.00 bits per heavy atom. The summed E-state index contributed by atoms with van der Waals surface area (Å²) in [6, 6.07) is 8.75. The zero-order valence-corrected chi connectivity index (χ0v) is 13.5. The number of nitrogens with one attached hydrogen (secondary N) is 1. The van der Waals surface area contributed by atoms with E-state index in [0.717, 1.165) is 19.0 Å². The first-order chi connectivity index (χ1) is 8.63. The lowest BCUT2D eigenvalue weighted by Gasteiger charge is -2.19. The van der Waals surface area contributed by atoms with Crippen molar-refractivity contribution >= 4 is 15.9 Å². The third-order valence-corrected chi connectivity index (χ3v) is 3.66. The van der Waals surface area contributed by atoms with E-state index in [0.29, 0.717) is 5.92 Å². The fraction of sp³-hybridized carbons (Fsp3) is 0.625. The van der Waals surface area contributed by atoms with Crippen molar-refractivity contribution < 1.29 is 0 Å². The fourth-order valence-corrected chi connectivity index (χ4v) is 2.56. The molecule has 1 N–H and O–H groups in total. The molecule has 0 radical (unpaired) electrons. The molecule has 0 aliphatic carbocycles. The topological polar surface area (TPSA) is 12.0 Å². The highest BCUT2D eigenvalue weighted by atomic mass is 79.9. The van der Waals surface area contributed by atoms with Crippen molar-refractivity contribution in [1.82, 2.24) is 5.32 Å². The van der Waals surface area contributed by atoms with E-state index in [4.69, 9.17) is 0 Å². The number of rotatable bonds is 8. The van der Waals surface area contributed by atoms with E-state index in [2.05, 4.69) is 66.3 Å². The Bertz CT molecular complexity index is 336. The molecule has 0 bridgehead atoms. The van der Waals surface area contributed by atoms with E-state index < -0.39 is 0 Å². The first kappa shape index (κ1) is 15.7. The highest BCUT2D eigenvalue weighted by molar-refractivity contribution is 9.10. The van der Waals surface area contributed by atoms with Gasteiger partial charge in [0.2, 0.25) is 0 Å². The second-order valence-electron chi connectivity index (χ2n) is 5.45. The Morgan fingerprint density at radius 1 is 1.22 bits per heavy atom. The van der Waals surface area contributed by atoms with E-state index in [1.54, 1.807) is 0 Å². The van der Waals surface area contributed by atoms with Crippen molar-refractivity contribution in [1.29, 1.82) is 0 Å². The molecule has 1 aromatic carbocycles. The summed E-state index contributed by atoms with van der Waals surface area (Å²) in [6.45, 7) is 8.98. The predicted octanol–water partition coefficient (Wildman–Crippen LogP) is 4.97. The van der Waals surface area contributed by atoms with Gasteiger partial charge in [-0.25, -0.2) is 0 Å². The van der Waals surface area contributed by atoms with Crippen LogP contribution in [-0.4, -0.2) is 13.1 Å². The van der Waals surface area contributed by atoms with Gasteiger partial charge in [0.15, 0.2) is 0 Å². The van der Waals surface area contributed by atoms with Gasteiger partial charge in [-0.15, -0.1) is 0 Å². The van der Waals surface area contributed by atoms with E-state index >= 15 is 0 Å². The number of benzene rings is 1. The van der Waals surface area contributed by atoms with Gasteiger partial charge in [0, 0.05) is 11.0 Å². The molecule has 0 fully saturated rings. The molecule has 0 amide bonds. The van der Waals surface area contributed by atoms with Crippen LogP contribution in [0.25, 0.3) is 0 Å². The van der Waals surface area contributed by atoms with Gasteiger partial charge < -0.3 is 5.32 Å². The first-order valence-corrected chi connectivity index (χ1v) is 7.89. The molecular weight excluding hydrogens is 286 g/mol. The van der Waals surface area contributed by atoms with Crippen LogP contribution in [0.5, 0.6) is 0 Å². The Labute approximate surface area is 120 Å². The van der Waals surface area contributed by atoms with Gasteiger partial charge in [-0.2, -0.15) is 0 Å². The number of halogens is 1. The Morgan fingerprint density at radius 3 is 2.61 bits per heavy atom. The van der Waals surface area contributed by atoms with Crippen LogP contribution in [0.3, 0.4) is 0 Å². The lowest BCUT2D eigenvalue weighted by Crippen LogP contribution is -2.25. The third kappa shape index (κ3) is 6.01. The quantitative estimate of drug-likeness (QED) is 0.715. The van der Waals surface area contributed by atoms with Gasteiger partial charge in [-0.3, -0.25) is 0 Å². The lowest BCUT2D eigenvalue weighted by atomic mass is 9.93. The van der Waals surface area contributed by atoms with E-state index in [9.17, 15) is 0 Å². The minimum absolute atomic E-state index is 0.640. The van der Waals surface area contributed by atoms with Crippen molar-refractivity contribution in [2.24, 2.45) is 5.92 Å². The largest absolute Gasteiger partial charge is 0.316 e. The van der Waals surface area contributed by atoms with Gasteiger partial charge in [0.25, 0.3) is 0 Å². The van der Waals surface area contributed by atoms with Crippen molar-refractivity contribution in [3.63, 3.8) is 0 Å². The minimum Gasteiger partial charge on any atom is -0.316 e. The molecule has 0 spiro atoms. The second-order valence-corrected chi connectivity index (χ2v) is 6.36. The molecule has 1 aromatic rings. The summed E-state index contributed by atoms with van der Waals surface area (Å²) in [6.07, 6.45) is 3.85. The molecule has 0 saturated carbocycles. The van der Waals surface area contributed by atoms with E-state index in [-0.39, 0.29) is 0 Å². The zero-order valence-electron chi connectivity index (χ0n) is 11.9. The first-order valence-electron chi connectivity index (χ1n) is 7.09. The molecule has 0 saturated heterocycles. The zero-order chi connectivity index (χ0) is 13.4. The van der Waals surface area contributed by atoms with Crippen LogP contribution in [-0.2, 0) is 0 Å². The van der Waals surface area contributed by atoms with Crippen LogP contribution in [0.1, 0.15) is 51.5 Å². The van der Waals surface area contributed by atoms with Gasteiger partial charge in [0.1, 0.15) is 0 Å². The molecule has 1 unspecified atom stereocenters. The van der Waals surface area contributed by atoms with Crippen molar-refractivity contribution in [3.05, 3.63) is 34.3 Å². The highest BCUT2D eigenvalue weighted by Crippen LogP contribution is 2.24. The lowest BCUT2D eigenvalue weighted by molar-refractivity contribution is 0.490. The molecule has 0 aliphatic heterocycles. The number of unbranched alkanes of at least 4 members (excludes halogenated alkanes) is 1. The normalized spacial score (nSPS) is 12.9. The molecular formula is C16H26BrN. The highest BCUT2D eigenvalue weighted by Gasteiger charge is 2.11. The summed E-state index contributed by atoms with van der Waals surface area (Å²) in [7, 11) is 0. The third-order valence-electron chi connectivity index (χ3n) is 3.17. The van der Waals surface area contributed by atoms with Gasteiger partial charge >= 0.3 is 0 Å². The second kappa shape index (κ2) is 8.71. The average molecular weight is 312 g/mol. The Balaban J connectivity index is 2.59. The average Bonchev–Trinajstić information content (AvgIpc) is 2.33. The van der Waals surface area contributed by atoms with Gasteiger partial charge in [-0.05, 0) is 42.5 Å². The molecule has 102 valence electrons. The maximum atomic E-state index is 3.60. The predicted molar refractivity (Wildman–Crippen MR) is 84.1 cm³/mol. The maximum absolute atomic E-state index is 3.60. The van der Waals surface area contributed by atoms with Crippen molar-refractivity contribution in [2.45, 2.75) is 46.0 Å². The Hall–Kier alpha value is -0.340. The van der Waals surface area contributed by atoms with Crippen LogP contribution < -0.4 is 5.32 Å². The van der Waals surface area contributed by atoms with Gasteiger partial charge in [0.05, 0.1) is 0 Å². The number of hydrogen-bond acceptors (Lipinski definition) is 1. The molecule has 0 aliphatic rings. The molecule has 1 atom stereocenters. The maximum Gasteiger partial charge on any atom is 0.0178 e. The smallest absolute Gasteiger partial charge is 0.0178 e. The Kier molecular flexibility index (Phi) is 7.60. The van der Waals surface area contributed by atoms with Crippen LogP contribution in [0, 0.1) is 5.92 Å². The summed E-state index contributed by atoms with van der Waals surface area (Å²) in [4.78, 5) is 0. The summed E-state index contributed by atoms with van der Waals surface area (Å²) in [5.74, 6) is 1.36. The number of hydrogen-bond donors (Lipinski definition) is 1. The standard InChI is InChI=1S/C16H26BrN/c1-4-5-7-15(12-18-11-13(2)3)14-8-6-9-16(17)10-14/h6,8-10,13,15,18H,4-5,7,11-12H2,1-3H3. The SMILES string of the molecule is CCCCC(CNCC(C)C)c1cccc(Br)c1. The van der Waals surface area contributed by atoms with Crippen LogP contribution in [0.15, 0.2) is 28.7 Å². The monoisotopic (exact) mass is 311 g/mol. The van der Waals surface area contributed by atoms with E-state index in [1.165, 1.54) is 29.3 Å². The van der Waals surface area contributed by atoms with Crippen LogP contribution in [0.4, 0.5) is 0 Å². The molecule has 0 aromatic heterocycles. The molecule has 1 nitrogen and oxygen atoms in total. The van der Waals surface area contributed by atoms with Crippen LogP contribution >= 0.6 is 15.9 Å². The summed E-state index contributed by atoms with van der Waals surface area (Å²) < 4.78 is 1.19. The van der Waals surface area contributed by atoms with E-state index in [1.807, 2.05) is 0 Å². The summed E-state index contributed by atoms with van der Waals surface area (Å²) in [5, 5.41) is 3.60. The molecule has 0 heterocycles.